The summed E-state index contributed by atoms with van der Waals surface area (Å²) in [5, 5.41) is 13.7. The largest absolute Gasteiger partial charge is 0.481 e. The van der Waals surface area contributed by atoms with Gasteiger partial charge in [-0.2, -0.15) is 0 Å². The minimum Gasteiger partial charge on any atom is -0.481 e. The number of benzene rings is 4. The molecule has 2 aliphatic rings. The van der Waals surface area contributed by atoms with Crippen LogP contribution in [0.25, 0.3) is 0 Å². The third-order valence-electron chi connectivity index (χ3n) is 14.4. The van der Waals surface area contributed by atoms with Gasteiger partial charge in [-0.3, -0.25) is 29.1 Å². The van der Waals surface area contributed by atoms with Crippen LogP contribution in [-0.2, 0) is 42.8 Å². The number of pyridine rings is 2. The second-order valence-corrected chi connectivity index (χ2v) is 23.2. The summed E-state index contributed by atoms with van der Waals surface area (Å²) in [5.41, 5.74) is 3.21. The summed E-state index contributed by atoms with van der Waals surface area (Å²) < 4.78 is 23.9. The fourth-order valence-electron chi connectivity index (χ4n) is 9.99. The van der Waals surface area contributed by atoms with Gasteiger partial charge in [0.25, 0.3) is 0 Å². The monoisotopic (exact) mass is 1210 g/mol. The highest BCUT2D eigenvalue weighted by atomic mass is 35.5. The minimum absolute atomic E-state index is 0.0656. The zero-order valence-electron chi connectivity index (χ0n) is 47.9. The summed E-state index contributed by atoms with van der Waals surface area (Å²) in [6, 6.07) is 25.1. The van der Waals surface area contributed by atoms with Crippen molar-refractivity contribution in [3.8, 4) is 58.2 Å². The molecule has 8 rings (SSSR count). The predicted octanol–water partition coefficient (Wildman–Crippen LogP) is 10.8. The fraction of sp³-hybridized carbons (Fsp3) is 0.344. The van der Waals surface area contributed by atoms with Gasteiger partial charge in [-0.15, -0.1) is 0 Å². The minimum atomic E-state index is -0.920. The molecule has 0 saturated heterocycles. The number of rotatable bonds is 22. The van der Waals surface area contributed by atoms with Gasteiger partial charge in [0, 0.05) is 58.9 Å². The first-order valence-electron chi connectivity index (χ1n) is 27.4. The van der Waals surface area contributed by atoms with Gasteiger partial charge >= 0.3 is 0 Å². The number of aromatic nitrogens is 2. The molecule has 0 fully saturated rings. The van der Waals surface area contributed by atoms with Gasteiger partial charge in [-0.25, -0.2) is 0 Å². The van der Waals surface area contributed by atoms with E-state index in [0.29, 0.717) is 91.9 Å². The quantitative estimate of drug-likeness (QED) is 0.0472. The topological polar surface area (TPSA) is 186 Å². The van der Waals surface area contributed by atoms with Crippen molar-refractivity contribution in [2.24, 2.45) is 0 Å². The molecule has 4 atom stereocenters. The van der Waals surface area contributed by atoms with Crippen LogP contribution in [0.4, 0.5) is 11.4 Å². The summed E-state index contributed by atoms with van der Waals surface area (Å²) in [6.07, 6.45) is 4.66. The number of hydrogen-bond donors (Lipinski definition) is 4. The number of halogens is 4. The summed E-state index contributed by atoms with van der Waals surface area (Å²) >= 11 is 25.0. The van der Waals surface area contributed by atoms with Crippen molar-refractivity contribution in [1.29, 1.82) is 0 Å². The first-order chi connectivity index (χ1) is 40.2. The summed E-state index contributed by atoms with van der Waals surface area (Å²) in [5.74, 6) is 12.9. The van der Waals surface area contributed by atoms with Gasteiger partial charge in [-0.1, -0.05) is 112 Å². The van der Waals surface area contributed by atoms with Gasteiger partial charge in [-0.05, 0) is 122 Å². The Morgan fingerprint density at radius 3 is 1.27 bits per heavy atom. The van der Waals surface area contributed by atoms with Crippen molar-refractivity contribution in [3.05, 3.63) is 152 Å². The Morgan fingerprint density at radius 2 is 0.929 bits per heavy atom. The van der Waals surface area contributed by atoms with Gasteiger partial charge in [0.05, 0.1) is 57.3 Å². The number of nitrogens with zero attached hydrogens (tertiary/aromatic N) is 4. The van der Waals surface area contributed by atoms with Gasteiger partial charge < -0.3 is 50.0 Å². The van der Waals surface area contributed by atoms with Crippen LogP contribution >= 0.6 is 46.4 Å². The van der Waals surface area contributed by atoms with E-state index in [1.165, 1.54) is 0 Å². The number of amides is 4. The van der Waals surface area contributed by atoms with Crippen LogP contribution in [0, 0.1) is 23.7 Å². The van der Waals surface area contributed by atoms with Crippen molar-refractivity contribution in [1.82, 2.24) is 31.2 Å². The van der Waals surface area contributed by atoms with E-state index in [1.54, 1.807) is 109 Å². The number of likely N-dealkylation sites (N-methyl/N-ethyl adjacent to an activating group) is 2. The Balaban J connectivity index is 0.861. The van der Waals surface area contributed by atoms with Crippen LogP contribution in [0.2, 0.25) is 20.1 Å². The number of fused-ring (bicyclic) bond motifs is 2. The van der Waals surface area contributed by atoms with E-state index in [-0.39, 0.29) is 49.7 Å². The molecule has 0 saturated carbocycles. The summed E-state index contributed by atoms with van der Waals surface area (Å²) in [6.45, 7) is 12.7. The maximum Gasteiger partial charge on any atom is 0.249 e. The van der Waals surface area contributed by atoms with Gasteiger partial charge in [0.1, 0.15) is 59.8 Å². The predicted molar refractivity (Wildman–Crippen MR) is 329 cm³/mol. The Kier molecular flexibility index (Phi) is 20.8. The lowest BCUT2D eigenvalue weighted by Gasteiger charge is -2.27. The van der Waals surface area contributed by atoms with E-state index >= 15 is 0 Å². The molecule has 0 unspecified atom stereocenters. The molecule has 84 heavy (non-hydrogen) atoms. The van der Waals surface area contributed by atoms with Crippen molar-refractivity contribution < 1.29 is 38.1 Å². The Bertz CT molecular complexity index is 3290. The lowest BCUT2D eigenvalue weighted by molar-refractivity contribution is -0.128. The average Bonchev–Trinajstić information content (AvgIpc) is 2.23. The lowest BCUT2D eigenvalue weighted by Crippen LogP contribution is -2.54. The van der Waals surface area contributed by atoms with Crippen molar-refractivity contribution >= 4 is 81.4 Å². The Morgan fingerprint density at radius 1 is 0.548 bits per heavy atom. The summed E-state index contributed by atoms with van der Waals surface area (Å²) in [7, 11) is 3.42. The van der Waals surface area contributed by atoms with Crippen LogP contribution in [0.15, 0.2) is 109 Å². The van der Waals surface area contributed by atoms with E-state index in [1.807, 2.05) is 65.8 Å². The highest BCUT2D eigenvalue weighted by Gasteiger charge is 2.44. The van der Waals surface area contributed by atoms with Crippen molar-refractivity contribution in [2.45, 2.75) is 102 Å². The van der Waals surface area contributed by atoms with Gasteiger partial charge in [0.15, 0.2) is 0 Å². The molecule has 0 spiro atoms. The van der Waals surface area contributed by atoms with E-state index in [2.05, 4.69) is 44.9 Å². The number of carbonyl (C=O) groups is 4. The lowest BCUT2D eigenvalue weighted by atomic mass is 9.91. The van der Waals surface area contributed by atoms with Crippen LogP contribution < -0.4 is 50.0 Å². The van der Waals surface area contributed by atoms with E-state index in [9.17, 15) is 19.2 Å². The molecule has 4 aromatic carbocycles. The molecular weight excluding hydrogens is 1150 g/mol. The number of anilines is 2. The molecule has 4 amide bonds. The third-order valence-corrected chi connectivity index (χ3v) is 15.5. The first-order valence-corrected chi connectivity index (χ1v) is 29.0. The molecule has 4 heterocycles. The highest BCUT2D eigenvalue weighted by molar-refractivity contribution is 6.36. The van der Waals surface area contributed by atoms with Crippen LogP contribution in [0.3, 0.4) is 0 Å². The number of nitrogens with one attached hydrogen (secondary N) is 4. The van der Waals surface area contributed by atoms with Crippen LogP contribution in [0.5, 0.6) is 34.5 Å². The molecule has 438 valence electrons. The second kappa shape index (κ2) is 27.9. The van der Waals surface area contributed by atoms with Crippen molar-refractivity contribution in [3.63, 3.8) is 0 Å². The molecule has 2 aromatic heterocycles. The smallest absolute Gasteiger partial charge is 0.249 e. The average molecular weight is 1220 g/mol. The second-order valence-electron chi connectivity index (χ2n) is 21.5. The maximum atomic E-state index is 14.6. The molecule has 6 aromatic rings. The van der Waals surface area contributed by atoms with Crippen LogP contribution in [0.1, 0.15) is 76.9 Å². The van der Waals surface area contributed by atoms with Gasteiger partial charge in [0.2, 0.25) is 23.6 Å². The highest BCUT2D eigenvalue weighted by Crippen LogP contribution is 2.44. The maximum absolute atomic E-state index is 14.6. The number of hydrogen-bond acceptors (Lipinski definition) is 12. The zero-order valence-corrected chi connectivity index (χ0v) is 50.9. The Hall–Kier alpha value is -7.54. The van der Waals surface area contributed by atoms with E-state index < -0.39 is 35.0 Å². The SMILES string of the molecule is CC[C@H](NC)C(=O)N[C@@H](Cc1ccc(OCC#CC#CCOc2ccc(C[C@H](NC(=O)[C@H](CC)NC)C(=O)N3CC(C)(C)c4ncc(Oc5ccc(Cl)cc5Cl)cc43)cc2)cc1)C(=O)N1CC(C)(C)c2ncc(Oc3ccc(Cl)cc3Cl)cc21. The summed E-state index contributed by atoms with van der Waals surface area (Å²) in [4.78, 5) is 69.1. The standard InChI is InChI=1S/C64H66Cl4N8O8/c1-9-49(69-7)59(77)73-51(61(79)75-37-63(3,4)57-53(75)33-45(35-71-57)83-55-25-19-41(65)31-47(55)67)29-39-15-21-43(22-16-39)81-27-13-11-12-14-28-82-44-23-17-40(18-24-44)30-52(74-60(78)50(10-2)70-8)62(80)76-38-64(5,6)58-54(76)34-46(36-72-58)84-56-26-20-42(66)32-48(56)68/h15-26,31-36,49-52,69-70H,9-10,27-30,37-38H2,1-8H3,(H,73,77)(H,74,78)/t49-,50-,51-,52-/m0/s1. The molecule has 0 aliphatic carbocycles. The Labute approximate surface area is 510 Å². The molecule has 4 N–H and O–H groups in total. The zero-order chi connectivity index (χ0) is 60.3. The molecule has 2 aliphatic heterocycles. The number of carbonyl (C=O) groups excluding carboxylic acids is 4. The van der Waals surface area contributed by atoms with E-state index in [0.717, 1.165) is 22.5 Å². The first kappa shape index (κ1) is 62.5. The molecule has 0 radical (unpaired) electrons. The molecular formula is C64H66Cl4N8O8. The molecule has 16 nitrogen and oxygen atoms in total. The molecule has 20 heteroatoms. The number of ether oxygens (including phenoxy) is 4. The normalized spacial score (nSPS) is 14.9. The van der Waals surface area contributed by atoms with Crippen molar-refractivity contribution in [2.75, 3.05) is 50.2 Å². The van der Waals surface area contributed by atoms with Crippen LogP contribution in [-0.4, -0.2) is 98.2 Å². The fourth-order valence-corrected chi connectivity index (χ4v) is 10.9. The molecule has 0 bridgehead atoms. The van der Waals surface area contributed by atoms with E-state index in [4.69, 9.17) is 75.3 Å². The third kappa shape index (κ3) is 15.4.